The fourth-order valence-electron chi connectivity index (χ4n) is 1.62. The number of rotatable bonds is 3. The molecule has 3 N–H and O–H groups in total. The molecule has 0 saturated carbocycles. The quantitative estimate of drug-likeness (QED) is 0.668. The van der Waals surface area contributed by atoms with Gasteiger partial charge in [-0.05, 0) is 31.2 Å². The van der Waals surface area contributed by atoms with Gasteiger partial charge in [0.2, 0.25) is 0 Å². The molecule has 5 nitrogen and oxygen atoms in total. The molecule has 0 radical (unpaired) electrons. The van der Waals surface area contributed by atoms with Crippen molar-refractivity contribution < 1.29 is 17.2 Å². The van der Waals surface area contributed by atoms with Gasteiger partial charge in [0.15, 0.2) is 11.6 Å². The largest absolute Gasteiger partial charge is 0.399 e. The minimum absolute atomic E-state index is 0.0987. The summed E-state index contributed by atoms with van der Waals surface area (Å²) < 4.78 is 53.3. The van der Waals surface area contributed by atoms with Crippen LogP contribution in [0.2, 0.25) is 5.15 Å². The van der Waals surface area contributed by atoms with Crippen LogP contribution in [0.1, 0.15) is 5.69 Å². The van der Waals surface area contributed by atoms with Gasteiger partial charge < -0.3 is 5.73 Å². The number of aryl methyl sites for hydroxylation is 1. The molecule has 1 aromatic carbocycles. The fourth-order valence-corrected chi connectivity index (χ4v) is 3.05. The van der Waals surface area contributed by atoms with Crippen LogP contribution in [-0.4, -0.2) is 13.4 Å². The zero-order valence-corrected chi connectivity index (χ0v) is 12.3. The molecule has 0 atom stereocenters. The Morgan fingerprint density at radius 2 is 1.95 bits per heavy atom. The summed E-state index contributed by atoms with van der Waals surface area (Å²) in [5.41, 5.74) is 5.52. The molecule has 0 bridgehead atoms. The molecular weight excluding hydrogens is 324 g/mol. The predicted molar refractivity (Wildman–Crippen MR) is 75.6 cm³/mol. The lowest BCUT2D eigenvalue weighted by molar-refractivity contribution is 0.486. The van der Waals surface area contributed by atoms with E-state index in [0.29, 0.717) is 6.07 Å². The second-order valence-electron chi connectivity index (χ2n) is 4.19. The Balaban J connectivity index is 2.48. The Kier molecular flexibility index (Phi) is 4.02. The van der Waals surface area contributed by atoms with Crippen molar-refractivity contribution in [3.63, 3.8) is 0 Å². The van der Waals surface area contributed by atoms with Crippen LogP contribution in [-0.2, 0) is 10.0 Å². The van der Waals surface area contributed by atoms with E-state index >= 15 is 0 Å². The molecule has 1 heterocycles. The Labute approximate surface area is 124 Å². The van der Waals surface area contributed by atoms with Gasteiger partial charge in [-0.1, -0.05) is 11.6 Å². The standard InChI is InChI=1S/C12H10ClF2N3O2S/c1-6-9(2-3-11(13)17-6)18-21(19,20)10-5-7(16)4-8(14)12(10)15/h2-5,18H,16H2,1H3. The molecule has 0 spiro atoms. The van der Waals surface area contributed by atoms with E-state index < -0.39 is 26.6 Å². The number of nitrogens with two attached hydrogens (primary N) is 1. The molecule has 0 unspecified atom stereocenters. The summed E-state index contributed by atoms with van der Waals surface area (Å²) in [6.45, 7) is 1.51. The van der Waals surface area contributed by atoms with Crippen LogP contribution in [0.15, 0.2) is 29.2 Å². The molecule has 2 aromatic rings. The van der Waals surface area contributed by atoms with Gasteiger partial charge in [-0.25, -0.2) is 22.2 Å². The highest BCUT2D eigenvalue weighted by atomic mass is 35.5. The maximum Gasteiger partial charge on any atom is 0.265 e. The molecule has 21 heavy (non-hydrogen) atoms. The van der Waals surface area contributed by atoms with Gasteiger partial charge in [-0.15, -0.1) is 0 Å². The average Bonchev–Trinajstić information content (AvgIpc) is 2.37. The van der Waals surface area contributed by atoms with Crippen LogP contribution < -0.4 is 10.5 Å². The smallest absolute Gasteiger partial charge is 0.265 e. The Bertz CT molecular complexity index is 812. The van der Waals surface area contributed by atoms with E-state index in [4.69, 9.17) is 17.3 Å². The van der Waals surface area contributed by atoms with Crippen LogP contribution in [0.5, 0.6) is 0 Å². The summed E-state index contributed by atoms with van der Waals surface area (Å²) >= 11 is 5.66. The monoisotopic (exact) mass is 333 g/mol. The van der Waals surface area contributed by atoms with Crippen LogP contribution >= 0.6 is 11.6 Å². The van der Waals surface area contributed by atoms with Gasteiger partial charge in [0.05, 0.1) is 11.4 Å². The van der Waals surface area contributed by atoms with E-state index in [1.165, 1.54) is 19.1 Å². The number of aromatic nitrogens is 1. The maximum absolute atomic E-state index is 13.7. The molecular formula is C12H10ClF2N3O2S. The van der Waals surface area contributed by atoms with Crippen molar-refractivity contribution >= 4 is 33.0 Å². The zero-order chi connectivity index (χ0) is 15.8. The van der Waals surface area contributed by atoms with Gasteiger partial charge in [0.1, 0.15) is 10.0 Å². The van der Waals surface area contributed by atoms with E-state index in [2.05, 4.69) is 9.71 Å². The molecule has 9 heteroatoms. The highest BCUT2D eigenvalue weighted by Gasteiger charge is 2.23. The number of hydrogen-bond acceptors (Lipinski definition) is 4. The van der Waals surface area contributed by atoms with Crippen LogP contribution in [0.4, 0.5) is 20.2 Å². The number of nitrogen functional groups attached to an aromatic ring is 1. The third-order valence-electron chi connectivity index (χ3n) is 2.60. The maximum atomic E-state index is 13.7. The first-order valence-corrected chi connectivity index (χ1v) is 7.47. The van der Waals surface area contributed by atoms with E-state index in [1.807, 2.05) is 0 Å². The summed E-state index contributed by atoms with van der Waals surface area (Å²) in [5.74, 6) is -2.85. The average molecular weight is 334 g/mol. The predicted octanol–water partition coefficient (Wildman–Crippen LogP) is 2.70. The van der Waals surface area contributed by atoms with Gasteiger partial charge in [0, 0.05) is 5.69 Å². The number of nitrogens with zero attached hydrogens (tertiary/aromatic N) is 1. The van der Waals surface area contributed by atoms with E-state index in [1.54, 1.807) is 0 Å². The number of anilines is 2. The van der Waals surface area contributed by atoms with Crippen molar-refractivity contribution in [2.75, 3.05) is 10.5 Å². The minimum atomic E-state index is -4.35. The lowest BCUT2D eigenvalue weighted by Gasteiger charge is -2.11. The number of sulfonamides is 1. The lowest BCUT2D eigenvalue weighted by Crippen LogP contribution is -2.16. The Morgan fingerprint density at radius 3 is 2.57 bits per heavy atom. The van der Waals surface area contributed by atoms with Gasteiger partial charge >= 0.3 is 0 Å². The second kappa shape index (κ2) is 5.45. The first-order valence-electron chi connectivity index (χ1n) is 5.61. The number of benzene rings is 1. The molecule has 0 aliphatic rings. The normalized spacial score (nSPS) is 11.4. The number of halogens is 3. The van der Waals surface area contributed by atoms with E-state index in [0.717, 1.165) is 6.07 Å². The van der Waals surface area contributed by atoms with Crippen LogP contribution in [0, 0.1) is 18.6 Å². The van der Waals surface area contributed by atoms with Gasteiger partial charge in [0.25, 0.3) is 10.0 Å². The molecule has 0 amide bonds. The van der Waals surface area contributed by atoms with Crippen molar-refractivity contribution in [2.45, 2.75) is 11.8 Å². The summed E-state index contributed by atoms with van der Waals surface area (Å²) in [6.07, 6.45) is 0. The Morgan fingerprint density at radius 1 is 1.29 bits per heavy atom. The fraction of sp³-hybridized carbons (Fsp3) is 0.0833. The van der Waals surface area contributed by atoms with Crippen molar-refractivity contribution in [3.8, 4) is 0 Å². The van der Waals surface area contributed by atoms with Crippen LogP contribution in [0.3, 0.4) is 0 Å². The molecule has 2 rings (SSSR count). The van der Waals surface area contributed by atoms with Crippen molar-refractivity contribution in [3.05, 3.63) is 46.7 Å². The number of pyridine rings is 1. The molecule has 0 aliphatic heterocycles. The summed E-state index contributed by atoms with van der Waals surface area (Å²) in [6, 6.07) is 4.26. The summed E-state index contributed by atoms with van der Waals surface area (Å²) in [4.78, 5) is 2.97. The van der Waals surface area contributed by atoms with Crippen molar-refractivity contribution in [1.82, 2.24) is 4.98 Å². The third-order valence-corrected chi connectivity index (χ3v) is 4.18. The van der Waals surface area contributed by atoms with Crippen molar-refractivity contribution in [1.29, 1.82) is 0 Å². The first-order chi connectivity index (χ1) is 9.70. The lowest BCUT2D eigenvalue weighted by atomic mass is 10.3. The second-order valence-corrected chi connectivity index (χ2v) is 6.23. The van der Waals surface area contributed by atoms with Crippen molar-refractivity contribution in [2.24, 2.45) is 0 Å². The van der Waals surface area contributed by atoms with E-state index in [9.17, 15) is 17.2 Å². The SMILES string of the molecule is Cc1nc(Cl)ccc1NS(=O)(=O)c1cc(N)cc(F)c1F. The topological polar surface area (TPSA) is 85.1 Å². The zero-order valence-electron chi connectivity index (χ0n) is 10.7. The summed E-state index contributed by atoms with van der Waals surface area (Å²) in [5, 5.41) is 0.177. The molecule has 0 fully saturated rings. The summed E-state index contributed by atoms with van der Waals surface area (Å²) in [7, 11) is -4.35. The molecule has 112 valence electrons. The molecule has 1 aromatic heterocycles. The van der Waals surface area contributed by atoms with Gasteiger partial charge in [-0.3, -0.25) is 4.72 Å². The molecule has 0 saturated heterocycles. The highest BCUT2D eigenvalue weighted by Crippen LogP contribution is 2.25. The minimum Gasteiger partial charge on any atom is -0.399 e. The molecule has 0 aliphatic carbocycles. The van der Waals surface area contributed by atoms with E-state index in [-0.39, 0.29) is 22.2 Å². The number of nitrogens with one attached hydrogen (secondary N) is 1. The highest BCUT2D eigenvalue weighted by molar-refractivity contribution is 7.92. The van der Waals surface area contributed by atoms with Crippen LogP contribution in [0.25, 0.3) is 0 Å². The first kappa shape index (κ1) is 15.5. The van der Waals surface area contributed by atoms with Gasteiger partial charge in [-0.2, -0.15) is 0 Å². The third kappa shape index (κ3) is 3.22. The Hall–Kier alpha value is -1.93. The number of hydrogen-bond donors (Lipinski definition) is 2.